The summed E-state index contributed by atoms with van der Waals surface area (Å²) in [5.74, 6) is -1.24. The fourth-order valence-corrected chi connectivity index (χ4v) is 2.28. The molecular formula is C11H18N2O4. The van der Waals surface area contributed by atoms with Gasteiger partial charge in [-0.05, 0) is 19.4 Å². The minimum Gasteiger partial charge on any atom is -0.479 e. The van der Waals surface area contributed by atoms with Crippen LogP contribution in [0.15, 0.2) is 0 Å². The average Bonchev–Trinajstić information content (AvgIpc) is 2.80. The number of ether oxygens (including phenoxy) is 1. The van der Waals surface area contributed by atoms with Crippen LogP contribution < -0.4 is 10.6 Å². The number of carboxylic acids is 1. The van der Waals surface area contributed by atoms with E-state index < -0.39 is 11.5 Å². The second-order valence-electron chi connectivity index (χ2n) is 4.68. The molecule has 0 bridgehead atoms. The van der Waals surface area contributed by atoms with E-state index in [1.807, 2.05) is 0 Å². The van der Waals surface area contributed by atoms with Crippen LogP contribution in [0.4, 0.5) is 0 Å². The molecule has 6 nitrogen and oxygen atoms in total. The van der Waals surface area contributed by atoms with Crippen molar-refractivity contribution < 1.29 is 19.4 Å². The first-order chi connectivity index (χ1) is 8.14. The minimum atomic E-state index is -1.23. The Labute approximate surface area is 99.7 Å². The fraction of sp³-hybridized carbons (Fsp3) is 0.818. The molecule has 0 radical (unpaired) electrons. The van der Waals surface area contributed by atoms with Crippen molar-refractivity contribution in [2.45, 2.75) is 37.3 Å². The van der Waals surface area contributed by atoms with Crippen LogP contribution in [-0.2, 0) is 14.3 Å². The van der Waals surface area contributed by atoms with Gasteiger partial charge in [0, 0.05) is 13.0 Å². The monoisotopic (exact) mass is 242 g/mol. The molecule has 2 saturated heterocycles. The molecule has 96 valence electrons. The van der Waals surface area contributed by atoms with Gasteiger partial charge in [-0.25, -0.2) is 4.79 Å². The summed E-state index contributed by atoms with van der Waals surface area (Å²) >= 11 is 0. The zero-order chi connectivity index (χ0) is 12.3. The molecule has 1 amide bonds. The van der Waals surface area contributed by atoms with Crippen LogP contribution in [0, 0.1) is 0 Å². The molecule has 0 spiro atoms. The number of piperidine rings is 1. The van der Waals surface area contributed by atoms with Gasteiger partial charge in [0.1, 0.15) is 0 Å². The number of carboxylic acid groups (broad SMARTS) is 1. The Kier molecular flexibility index (Phi) is 3.63. The number of aliphatic carboxylic acids is 1. The molecule has 2 atom stereocenters. The molecule has 0 saturated carbocycles. The predicted molar refractivity (Wildman–Crippen MR) is 59.6 cm³/mol. The van der Waals surface area contributed by atoms with E-state index in [1.54, 1.807) is 0 Å². The van der Waals surface area contributed by atoms with Crippen molar-refractivity contribution in [3.63, 3.8) is 0 Å². The van der Waals surface area contributed by atoms with Gasteiger partial charge in [0.15, 0.2) is 5.54 Å². The smallest absolute Gasteiger partial charge is 0.331 e. The summed E-state index contributed by atoms with van der Waals surface area (Å²) in [6.45, 7) is 1.25. The van der Waals surface area contributed by atoms with Crippen molar-refractivity contribution in [2.24, 2.45) is 0 Å². The van der Waals surface area contributed by atoms with E-state index in [0.717, 1.165) is 25.8 Å². The van der Waals surface area contributed by atoms with Crippen LogP contribution in [0.25, 0.3) is 0 Å². The lowest BCUT2D eigenvalue weighted by atomic mass is 9.97. The number of rotatable bonds is 3. The third-order valence-electron chi connectivity index (χ3n) is 3.42. The molecule has 2 fully saturated rings. The molecule has 0 aliphatic carbocycles. The Hall–Kier alpha value is -1.14. The van der Waals surface area contributed by atoms with Gasteiger partial charge in [-0.3, -0.25) is 4.79 Å². The highest BCUT2D eigenvalue weighted by atomic mass is 16.5. The molecule has 0 aromatic carbocycles. The summed E-state index contributed by atoms with van der Waals surface area (Å²) in [6.07, 6.45) is 3.17. The molecule has 2 heterocycles. The highest BCUT2D eigenvalue weighted by molar-refractivity contribution is 5.90. The van der Waals surface area contributed by atoms with Crippen LogP contribution in [0.1, 0.15) is 25.7 Å². The molecule has 2 aliphatic heterocycles. The van der Waals surface area contributed by atoms with Crippen LogP contribution in [0.2, 0.25) is 0 Å². The molecule has 2 aliphatic rings. The first-order valence-corrected chi connectivity index (χ1v) is 6.01. The molecule has 0 aromatic rings. The molecule has 3 N–H and O–H groups in total. The second-order valence-corrected chi connectivity index (χ2v) is 4.68. The predicted octanol–water partition coefficient (Wildman–Crippen LogP) is -0.512. The van der Waals surface area contributed by atoms with Gasteiger partial charge in [-0.1, -0.05) is 6.42 Å². The summed E-state index contributed by atoms with van der Waals surface area (Å²) in [5, 5.41) is 14.9. The zero-order valence-corrected chi connectivity index (χ0v) is 9.70. The standard InChI is InChI=1S/C11H18N2O4/c14-9(8-3-1-2-5-12-8)13-11(10(15)16)4-6-17-7-11/h8,12H,1-7H2,(H,13,14)(H,15,16)/t8-,11?/m1/s1. The minimum absolute atomic E-state index is 0.0563. The summed E-state index contributed by atoms with van der Waals surface area (Å²) in [5.41, 5.74) is -1.23. The van der Waals surface area contributed by atoms with Crippen LogP contribution in [0.5, 0.6) is 0 Å². The normalized spacial score (nSPS) is 33.3. The van der Waals surface area contributed by atoms with E-state index >= 15 is 0 Å². The van der Waals surface area contributed by atoms with Crippen LogP contribution in [0.3, 0.4) is 0 Å². The molecule has 0 aromatic heterocycles. The van der Waals surface area contributed by atoms with Gasteiger partial charge in [-0.2, -0.15) is 0 Å². The van der Waals surface area contributed by atoms with Crippen molar-refractivity contribution in [3.05, 3.63) is 0 Å². The number of hydrogen-bond acceptors (Lipinski definition) is 4. The van der Waals surface area contributed by atoms with E-state index in [4.69, 9.17) is 4.74 Å². The maximum Gasteiger partial charge on any atom is 0.331 e. The summed E-state index contributed by atoms with van der Waals surface area (Å²) < 4.78 is 5.09. The Bertz CT molecular complexity index is 307. The SMILES string of the molecule is O=C(NC1(C(=O)O)CCOC1)[C@H]1CCCCN1. The Balaban J connectivity index is 1.98. The van der Waals surface area contributed by atoms with E-state index in [2.05, 4.69) is 10.6 Å². The highest BCUT2D eigenvalue weighted by Crippen LogP contribution is 2.20. The first-order valence-electron chi connectivity index (χ1n) is 6.01. The van der Waals surface area contributed by atoms with Crippen molar-refractivity contribution in [1.29, 1.82) is 0 Å². The van der Waals surface area contributed by atoms with Crippen LogP contribution >= 0.6 is 0 Å². The average molecular weight is 242 g/mol. The van der Waals surface area contributed by atoms with Gasteiger partial charge in [0.05, 0.1) is 12.6 Å². The fourth-order valence-electron chi connectivity index (χ4n) is 2.28. The van der Waals surface area contributed by atoms with Crippen molar-refractivity contribution in [1.82, 2.24) is 10.6 Å². The largest absolute Gasteiger partial charge is 0.479 e. The van der Waals surface area contributed by atoms with Crippen molar-refractivity contribution in [2.75, 3.05) is 19.8 Å². The molecule has 2 rings (SSSR count). The lowest BCUT2D eigenvalue weighted by Gasteiger charge is -2.28. The van der Waals surface area contributed by atoms with E-state index in [0.29, 0.717) is 13.0 Å². The molecule has 17 heavy (non-hydrogen) atoms. The third-order valence-corrected chi connectivity index (χ3v) is 3.42. The quantitative estimate of drug-likeness (QED) is 0.620. The van der Waals surface area contributed by atoms with Crippen molar-refractivity contribution in [3.8, 4) is 0 Å². The maximum atomic E-state index is 12.0. The topological polar surface area (TPSA) is 87.7 Å². The van der Waals surface area contributed by atoms with Gasteiger partial charge >= 0.3 is 5.97 Å². The molecule has 6 heteroatoms. The molecular weight excluding hydrogens is 224 g/mol. The van der Waals surface area contributed by atoms with E-state index in [1.165, 1.54) is 0 Å². The summed E-state index contributed by atoms with van der Waals surface area (Å²) in [4.78, 5) is 23.2. The third kappa shape index (κ3) is 2.58. The lowest BCUT2D eigenvalue weighted by molar-refractivity contribution is -0.148. The Morgan fingerprint density at radius 1 is 1.41 bits per heavy atom. The van der Waals surface area contributed by atoms with E-state index in [-0.39, 0.29) is 18.6 Å². The van der Waals surface area contributed by atoms with Gasteiger partial charge < -0.3 is 20.5 Å². The Morgan fingerprint density at radius 3 is 2.76 bits per heavy atom. The number of hydrogen-bond donors (Lipinski definition) is 3. The van der Waals surface area contributed by atoms with Gasteiger partial charge in [0.25, 0.3) is 0 Å². The first kappa shape index (κ1) is 12.3. The molecule has 1 unspecified atom stereocenters. The number of nitrogens with one attached hydrogen (secondary N) is 2. The number of amides is 1. The second kappa shape index (κ2) is 5.01. The number of carbonyl (C=O) groups is 2. The number of carbonyl (C=O) groups excluding carboxylic acids is 1. The summed E-state index contributed by atoms with van der Waals surface area (Å²) in [6, 6.07) is -0.263. The van der Waals surface area contributed by atoms with Gasteiger partial charge in [0.2, 0.25) is 5.91 Å². The lowest BCUT2D eigenvalue weighted by Crippen LogP contribution is -2.59. The maximum absolute atomic E-state index is 12.0. The van der Waals surface area contributed by atoms with Crippen LogP contribution in [-0.4, -0.2) is 48.3 Å². The zero-order valence-electron chi connectivity index (χ0n) is 9.70. The Morgan fingerprint density at radius 2 is 2.24 bits per heavy atom. The van der Waals surface area contributed by atoms with Gasteiger partial charge in [-0.15, -0.1) is 0 Å². The highest BCUT2D eigenvalue weighted by Gasteiger charge is 2.44. The van der Waals surface area contributed by atoms with E-state index in [9.17, 15) is 14.7 Å². The van der Waals surface area contributed by atoms with Crippen molar-refractivity contribution >= 4 is 11.9 Å². The summed E-state index contributed by atoms with van der Waals surface area (Å²) in [7, 11) is 0.